The Morgan fingerprint density at radius 1 is 1.09 bits per heavy atom. The van der Waals surface area contributed by atoms with E-state index >= 15 is 0 Å². The average molecular weight is 450 g/mol. The molecular formula is C25H26N2O6. The lowest BCUT2D eigenvalue weighted by molar-refractivity contribution is -0.124. The Morgan fingerprint density at radius 3 is 2.67 bits per heavy atom. The Labute approximate surface area is 191 Å². The fraction of sp³-hybridized carbons (Fsp3) is 0.320. The van der Waals surface area contributed by atoms with Crippen LogP contribution in [0.2, 0.25) is 0 Å². The molecule has 172 valence electrons. The lowest BCUT2D eigenvalue weighted by Gasteiger charge is -2.13. The topological polar surface area (TPSA) is 96.0 Å². The van der Waals surface area contributed by atoms with Gasteiger partial charge in [-0.25, -0.2) is 9.78 Å². The number of esters is 1. The van der Waals surface area contributed by atoms with Crippen LogP contribution in [-0.4, -0.2) is 56.9 Å². The average Bonchev–Trinajstić information content (AvgIpc) is 3.38. The molecule has 1 aromatic heterocycles. The number of hydrogen-bond acceptors (Lipinski definition) is 7. The van der Waals surface area contributed by atoms with Crippen LogP contribution in [0, 0.1) is 0 Å². The highest BCUT2D eigenvalue weighted by Gasteiger charge is 2.19. The van der Waals surface area contributed by atoms with E-state index in [1.807, 2.05) is 24.3 Å². The molecule has 0 bridgehead atoms. The second-order valence-corrected chi connectivity index (χ2v) is 7.66. The van der Waals surface area contributed by atoms with Crippen molar-refractivity contribution in [1.82, 2.24) is 10.3 Å². The molecule has 0 saturated carbocycles. The molecule has 1 atom stereocenters. The minimum atomic E-state index is -0.595. The first-order valence-corrected chi connectivity index (χ1v) is 10.8. The van der Waals surface area contributed by atoms with E-state index in [2.05, 4.69) is 5.32 Å². The highest BCUT2D eigenvalue weighted by atomic mass is 16.5. The molecule has 1 fully saturated rings. The van der Waals surface area contributed by atoms with Gasteiger partial charge in [0.15, 0.2) is 18.1 Å². The number of amides is 1. The molecule has 0 radical (unpaired) electrons. The zero-order valence-electron chi connectivity index (χ0n) is 18.6. The van der Waals surface area contributed by atoms with Crippen molar-refractivity contribution < 1.29 is 28.5 Å². The van der Waals surface area contributed by atoms with E-state index in [0.29, 0.717) is 46.8 Å². The van der Waals surface area contributed by atoms with Gasteiger partial charge in [-0.05, 0) is 43.2 Å². The number of carbonyl (C=O) groups excluding carboxylic acids is 2. The molecule has 1 aliphatic heterocycles. The van der Waals surface area contributed by atoms with Crippen LogP contribution >= 0.6 is 0 Å². The second-order valence-electron chi connectivity index (χ2n) is 7.66. The number of aromatic nitrogens is 1. The van der Waals surface area contributed by atoms with E-state index in [1.165, 1.54) is 0 Å². The molecule has 0 aliphatic carbocycles. The molecule has 1 unspecified atom stereocenters. The number of para-hydroxylation sites is 1. The summed E-state index contributed by atoms with van der Waals surface area (Å²) in [5, 5.41) is 3.39. The molecule has 2 heterocycles. The minimum absolute atomic E-state index is 0.0258. The summed E-state index contributed by atoms with van der Waals surface area (Å²) in [4.78, 5) is 29.8. The van der Waals surface area contributed by atoms with E-state index in [0.717, 1.165) is 18.4 Å². The molecule has 2 aromatic carbocycles. The molecule has 1 N–H and O–H groups in total. The third-order valence-corrected chi connectivity index (χ3v) is 5.50. The van der Waals surface area contributed by atoms with Gasteiger partial charge in [0.05, 0.1) is 37.1 Å². The predicted molar refractivity (Wildman–Crippen MR) is 123 cm³/mol. The molecule has 3 aromatic rings. The summed E-state index contributed by atoms with van der Waals surface area (Å²) in [5.74, 6) is 0.188. The van der Waals surface area contributed by atoms with Crippen LogP contribution in [0.1, 0.15) is 23.2 Å². The van der Waals surface area contributed by atoms with Crippen LogP contribution in [-0.2, 0) is 14.3 Å². The van der Waals surface area contributed by atoms with E-state index in [1.54, 1.807) is 38.5 Å². The van der Waals surface area contributed by atoms with Crippen LogP contribution in [0.15, 0.2) is 48.5 Å². The number of rotatable bonds is 8. The Morgan fingerprint density at radius 2 is 1.91 bits per heavy atom. The zero-order chi connectivity index (χ0) is 23.2. The second kappa shape index (κ2) is 10.3. The summed E-state index contributed by atoms with van der Waals surface area (Å²) in [7, 11) is 3.12. The van der Waals surface area contributed by atoms with Gasteiger partial charge in [0.2, 0.25) is 0 Å². The number of carbonyl (C=O) groups is 2. The van der Waals surface area contributed by atoms with E-state index < -0.39 is 5.97 Å². The van der Waals surface area contributed by atoms with Gasteiger partial charge in [0, 0.05) is 24.1 Å². The van der Waals surface area contributed by atoms with E-state index in [4.69, 9.17) is 23.9 Å². The predicted octanol–water partition coefficient (Wildman–Crippen LogP) is 3.37. The maximum Gasteiger partial charge on any atom is 0.339 e. The number of nitrogens with zero attached hydrogens (tertiary/aromatic N) is 1. The van der Waals surface area contributed by atoms with Crippen LogP contribution in [0.3, 0.4) is 0 Å². The fourth-order valence-corrected chi connectivity index (χ4v) is 3.78. The number of benzene rings is 2. The number of hydrogen-bond donors (Lipinski definition) is 1. The van der Waals surface area contributed by atoms with Gasteiger partial charge < -0.3 is 24.3 Å². The van der Waals surface area contributed by atoms with Crippen molar-refractivity contribution in [3.05, 3.63) is 54.1 Å². The maximum atomic E-state index is 12.9. The first-order valence-electron chi connectivity index (χ1n) is 10.8. The Hall–Kier alpha value is -3.65. The van der Waals surface area contributed by atoms with Crippen molar-refractivity contribution in [1.29, 1.82) is 0 Å². The Balaban J connectivity index is 1.55. The molecule has 1 aliphatic rings. The number of ether oxygens (including phenoxy) is 4. The SMILES string of the molecule is COc1ccc(-c2cc(C(=O)OCC(=O)NCC3CCCO3)c3ccccc3n2)cc1OC. The lowest BCUT2D eigenvalue weighted by atomic mass is 10.0. The molecule has 1 saturated heterocycles. The summed E-state index contributed by atoms with van der Waals surface area (Å²) >= 11 is 0. The summed E-state index contributed by atoms with van der Waals surface area (Å²) in [6.07, 6.45) is 1.94. The highest BCUT2D eigenvalue weighted by Crippen LogP contribution is 2.33. The van der Waals surface area contributed by atoms with E-state index in [9.17, 15) is 9.59 Å². The number of methoxy groups -OCH3 is 2. The molecular weight excluding hydrogens is 424 g/mol. The smallest absolute Gasteiger partial charge is 0.339 e. The number of pyridine rings is 1. The fourth-order valence-electron chi connectivity index (χ4n) is 3.78. The van der Waals surface area contributed by atoms with Gasteiger partial charge in [0.1, 0.15) is 0 Å². The Bertz CT molecular complexity index is 1160. The molecule has 8 nitrogen and oxygen atoms in total. The van der Waals surface area contributed by atoms with Gasteiger partial charge in [-0.1, -0.05) is 18.2 Å². The standard InChI is InChI=1S/C25H26N2O6/c1-30-22-10-9-16(12-23(22)31-2)21-13-19(18-7-3-4-8-20(18)27-21)25(29)33-15-24(28)26-14-17-6-5-11-32-17/h3-4,7-10,12-13,17H,5-6,11,14-15H2,1-2H3,(H,26,28). The minimum Gasteiger partial charge on any atom is -0.493 e. The van der Waals surface area contributed by atoms with Crippen molar-refractivity contribution in [2.24, 2.45) is 0 Å². The maximum absolute atomic E-state index is 12.9. The zero-order valence-corrected chi connectivity index (χ0v) is 18.6. The van der Waals surface area contributed by atoms with Crippen LogP contribution < -0.4 is 14.8 Å². The number of fused-ring (bicyclic) bond motifs is 1. The summed E-state index contributed by atoms with van der Waals surface area (Å²) in [6, 6.07) is 14.4. The molecule has 33 heavy (non-hydrogen) atoms. The molecule has 1 amide bonds. The quantitative estimate of drug-likeness (QED) is 0.526. The first-order chi connectivity index (χ1) is 16.1. The third-order valence-electron chi connectivity index (χ3n) is 5.50. The van der Waals surface area contributed by atoms with Crippen molar-refractivity contribution >= 4 is 22.8 Å². The van der Waals surface area contributed by atoms with Crippen LogP contribution in [0.4, 0.5) is 0 Å². The van der Waals surface area contributed by atoms with Crippen LogP contribution in [0.5, 0.6) is 11.5 Å². The lowest BCUT2D eigenvalue weighted by Crippen LogP contribution is -2.34. The highest BCUT2D eigenvalue weighted by molar-refractivity contribution is 6.05. The van der Waals surface area contributed by atoms with Gasteiger partial charge in [-0.2, -0.15) is 0 Å². The Kier molecular flexibility index (Phi) is 7.04. The monoisotopic (exact) mass is 450 g/mol. The largest absolute Gasteiger partial charge is 0.493 e. The van der Waals surface area contributed by atoms with Gasteiger partial charge in [-0.15, -0.1) is 0 Å². The van der Waals surface area contributed by atoms with Gasteiger partial charge in [0.25, 0.3) is 5.91 Å². The van der Waals surface area contributed by atoms with Crippen molar-refractivity contribution in [2.45, 2.75) is 18.9 Å². The van der Waals surface area contributed by atoms with Crippen molar-refractivity contribution in [2.75, 3.05) is 34.0 Å². The molecule has 4 rings (SSSR count). The van der Waals surface area contributed by atoms with Crippen LogP contribution in [0.25, 0.3) is 22.2 Å². The summed E-state index contributed by atoms with van der Waals surface area (Å²) in [6.45, 7) is 0.763. The normalized spacial score (nSPS) is 15.3. The van der Waals surface area contributed by atoms with E-state index in [-0.39, 0.29) is 18.6 Å². The third kappa shape index (κ3) is 5.23. The first kappa shape index (κ1) is 22.5. The molecule has 0 spiro atoms. The van der Waals surface area contributed by atoms with Crippen molar-refractivity contribution in [3.8, 4) is 22.8 Å². The molecule has 8 heteroatoms. The van der Waals surface area contributed by atoms with Crippen molar-refractivity contribution in [3.63, 3.8) is 0 Å². The van der Waals surface area contributed by atoms with Gasteiger partial charge in [-0.3, -0.25) is 4.79 Å². The number of nitrogens with one attached hydrogen (secondary N) is 1. The van der Waals surface area contributed by atoms with Gasteiger partial charge >= 0.3 is 5.97 Å². The summed E-state index contributed by atoms with van der Waals surface area (Å²) in [5.41, 5.74) is 2.29. The summed E-state index contributed by atoms with van der Waals surface area (Å²) < 4.78 is 21.5.